The summed E-state index contributed by atoms with van der Waals surface area (Å²) in [7, 11) is 0. The maximum Gasteiger partial charge on any atom is 0.164 e. The predicted molar refractivity (Wildman–Crippen MR) is 237 cm³/mol. The van der Waals surface area contributed by atoms with Crippen molar-refractivity contribution in [3.8, 4) is 56.4 Å². The van der Waals surface area contributed by atoms with E-state index in [9.17, 15) is 0 Å². The first-order valence-corrected chi connectivity index (χ1v) is 19.4. The second-order valence-electron chi connectivity index (χ2n) is 14.7. The lowest BCUT2D eigenvalue weighted by atomic mass is 9.94. The molecule has 0 N–H and O–H groups in total. The van der Waals surface area contributed by atoms with Gasteiger partial charge >= 0.3 is 0 Å². The molecular formula is C53H31N3O2. The average Bonchev–Trinajstić information content (AvgIpc) is 3.88. The highest BCUT2D eigenvalue weighted by Gasteiger charge is 2.19. The number of benzene rings is 9. The van der Waals surface area contributed by atoms with Crippen LogP contribution in [0.15, 0.2) is 197 Å². The standard InChI is InChI=1S/C53H31N3O2/c1-2-10-32(11-3-1)36-12-8-13-39(31-36)52-54-51(55-53(56-52)43-16-9-19-46-49(43)41-14-4-6-17-44(41)57-46)35-23-20-33(21-24-35)37-26-28-40-38(30-37)25-22-34-27-29-47-50(48(34)40)42-15-5-7-18-45(42)58-47/h1-31H. The molecule has 0 saturated carbocycles. The van der Waals surface area contributed by atoms with E-state index < -0.39 is 0 Å². The number of hydrogen-bond donors (Lipinski definition) is 0. The van der Waals surface area contributed by atoms with Crippen LogP contribution in [0.1, 0.15) is 0 Å². The molecule has 12 rings (SSSR count). The number of nitrogens with zero attached hydrogens (tertiary/aromatic N) is 3. The van der Waals surface area contributed by atoms with Crippen molar-refractivity contribution in [2.45, 2.75) is 0 Å². The quantitative estimate of drug-likeness (QED) is 0.164. The molecule has 5 nitrogen and oxygen atoms in total. The molecule has 270 valence electrons. The van der Waals surface area contributed by atoms with E-state index in [1.165, 1.54) is 21.5 Å². The lowest BCUT2D eigenvalue weighted by Gasteiger charge is -2.11. The molecule has 0 aliphatic carbocycles. The highest BCUT2D eigenvalue weighted by atomic mass is 16.3. The van der Waals surface area contributed by atoms with E-state index in [1.807, 2.05) is 48.5 Å². The summed E-state index contributed by atoms with van der Waals surface area (Å²) in [6.07, 6.45) is 0. The van der Waals surface area contributed by atoms with Crippen LogP contribution in [0.5, 0.6) is 0 Å². The fourth-order valence-electron chi connectivity index (χ4n) is 8.54. The van der Waals surface area contributed by atoms with Gasteiger partial charge in [0.2, 0.25) is 0 Å². The lowest BCUT2D eigenvalue weighted by molar-refractivity contribution is 0.668. The molecule has 3 aromatic heterocycles. The highest BCUT2D eigenvalue weighted by molar-refractivity contribution is 6.26. The summed E-state index contributed by atoms with van der Waals surface area (Å²) < 4.78 is 12.5. The van der Waals surface area contributed by atoms with Crippen molar-refractivity contribution in [2.24, 2.45) is 0 Å². The van der Waals surface area contributed by atoms with Crippen molar-refractivity contribution in [3.05, 3.63) is 188 Å². The van der Waals surface area contributed by atoms with Gasteiger partial charge in [-0.3, -0.25) is 0 Å². The van der Waals surface area contributed by atoms with Crippen LogP contribution in [-0.4, -0.2) is 15.0 Å². The maximum absolute atomic E-state index is 6.27. The van der Waals surface area contributed by atoms with Gasteiger partial charge in [0.05, 0.1) is 0 Å². The molecular weight excluding hydrogens is 711 g/mol. The molecule has 0 unspecified atom stereocenters. The van der Waals surface area contributed by atoms with Gasteiger partial charge < -0.3 is 8.83 Å². The van der Waals surface area contributed by atoms with Crippen LogP contribution in [0, 0.1) is 0 Å². The third-order valence-corrected chi connectivity index (χ3v) is 11.3. The Kier molecular flexibility index (Phi) is 7.16. The molecule has 0 saturated heterocycles. The Labute approximate surface area is 332 Å². The van der Waals surface area contributed by atoms with Gasteiger partial charge in [0.15, 0.2) is 17.5 Å². The van der Waals surface area contributed by atoms with E-state index in [0.29, 0.717) is 17.5 Å². The fourth-order valence-corrected chi connectivity index (χ4v) is 8.54. The zero-order chi connectivity index (χ0) is 38.2. The fraction of sp³-hybridized carbons (Fsp3) is 0. The largest absolute Gasteiger partial charge is 0.456 e. The number of rotatable bonds is 5. The van der Waals surface area contributed by atoms with Crippen LogP contribution < -0.4 is 0 Å². The van der Waals surface area contributed by atoms with Crippen molar-refractivity contribution in [2.75, 3.05) is 0 Å². The summed E-state index contributed by atoms with van der Waals surface area (Å²) in [6, 6.07) is 65.2. The van der Waals surface area contributed by atoms with Crippen molar-refractivity contribution >= 4 is 65.4 Å². The summed E-state index contributed by atoms with van der Waals surface area (Å²) in [5, 5.41) is 9.11. The summed E-state index contributed by atoms with van der Waals surface area (Å²) >= 11 is 0. The average molecular weight is 742 g/mol. The van der Waals surface area contributed by atoms with Crippen molar-refractivity contribution < 1.29 is 8.83 Å². The van der Waals surface area contributed by atoms with Crippen LogP contribution in [0.2, 0.25) is 0 Å². The van der Waals surface area contributed by atoms with E-state index in [2.05, 4.69) is 140 Å². The monoisotopic (exact) mass is 741 g/mol. The molecule has 0 aliphatic rings. The van der Waals surface area contributed by atoms with Gasteiger partial charge in [-0.15, -0.1) is 0 Å². The third-order valence-electron chi connectivity index (χ3n) is 11.3. The number of para-hydroxylation sites is 2. The molecule has 12 aromatic rings. The molecule has 0 radical (unpaired) electrons. The second-order valence-corrected chi connectivity index (χ2v) is 14.7. The van der Waals surface area contributed by atoms with Gasteiger partial charge in [-0.1, -0.05) is 152 Å². The molecule has 0 amide bonds. The first kappa shape index (κ1) is 32.4. The number of furan rings is 2. The van der Waals surface area contributed by atoms with E-state index in [1.54, 1.807) is 0 Å². The zero-order valence-corrected chi connectivity index (χ0v) is 31.1. The minimum Gasteiger partial charge on any atom is -0.456 e. The molecule has 0 spiro atoms. The van der Waals surface area contributed by atoms with Crippen LogP contribution in [0.25, 0.3) is 122 Å². The minimum absolute atomic E-state index is 0.590. The van der Waals surface area contributed by atoms with Gasteiger partial charge in [-0.25, -0.2) is 15.0 Å². The molecule has 0 fully saturated rings. The zero-order valence-electron chi connectivity index (χ0n) is 31.1. The Morgan fingerprint density at radius 3 is 1.62 bits per heavy atom. The van der Waals surface area contributed by atoms with Crippen LogP contribution in [-0.2, 0) is 0 Å². The normalized spacial score (nSPS) is 11.8. The van der Waals surface area contributed by atoms with Crippen LogP contribution in [0.4, 0.5) is 0 Å². The summed E-state index contributed by atoms with van der Waals surface area (Å²) in [5.74, 6) is 1.79. The highest BCUT2D eigenvalue weighted by Crippen LogP contribution is 2.40. The Bertz CT molecular complexity index is 3570. The van der Waals surface area contributed by atoms with Gasteiger partial charge in [-0.05, 0) is 74.8 Å². The minimum atomic E-state index is 0.590. The van der Waals surface area contributed by atoms with Crippen LogP contribution in [0.3, 0.4) is 0 Å². The maximum atomic E-state index is 6.27. The van der Waals surface area contributed by atoms with Gasteiger partial charge in [0, 0.05) is 43.6 Å². The topological polar surface area (TPSA) is 65.0 Å². The SMILES string of the molecule is c1ccc(-c2cccc(-c3nc(-c4ccc(-c5ccc6c(ccc7ccc8oc9ccccc9c8c76)c5)cc4)nc(-c4cccc5oc6ccccc6c45)n3)c2)cc1. The molecule has 0 atom stereocenters. The molecule has 3 heterocycles. The van der Waals surface area contributed by atoms with E-state index in [-0.39, 0.29) is 0 Å². The Morgan fingerprint density at radius 2 is 0.810 bits per heavy atom. The van der Waals surface area contributed by atoms with Crippen molar-refractivity contribution in [3.63, 3.8) is 0 Å². The Balaban J connectivity index is 0.981. The molecule has 5 heteroatoms. The first-order chi connectivity index (χ1) is 28.7. The smallest absolute Gasteiger partial charge is 0.164 e. The number of hydrogen-bond acceptors (Lipinski definition) is 5. The lowest BCUT2D eigenvalue weighted by Crippen LogP contribution is -2.00. The van der Waals surface area contributed by atoms with E-state index in [4.69, 9.17) is 23.8 Å². The van der Waals surface area contributed by atoms with E-state index >= 15 is 0 Å². The molecule has 0 aliphatic heterocycles. The summed E-state index contributed by atoms with van der Waals surface area (Å²) in [5.41, 5.74) is 10.6. The summed E-state index contributed by atoms with van der Waals surface area (Å²) in [4.78, 5) is 15.4. The van der Waals surface area contributed by atoms with Crippen molar-refractivity contribution in [1.82, 2.24) is 15.0 Å². The van der Waals surface area contributed by atoms with Gasteiger partial charge in [0.25, 0.3) is 0 Å². The first-order valence-electron chi connectivity index (χ1n) is 19.4. The predicted octanol–water partition coefficient (Wildman–Crippen LogP) is 14.3. The molecule has 58 heavy (non-hydrogen) atoms. The molecule has 0 bridgehead atoms. The van der Waals surface area contributed by atoms with Crippen LogP contribution >= 0.6 is 0 Å². The third kappa shape index (κ3) is 5.21. The van der Waals surface area contributed by atoms with Gasteiger partial charge in [-0.2, -0.15) is 0 Å². The number of aromatic nitrogens is 3. The molecule has 9 aromatic carbocycles. The van der Waals surface area contributed by atoms with E-state index in [0.717, 1.165) is 82.8 Å². The second kappa shape index (κ2) is 12.8. The Hall–Kier alpha value is -7.89. The summed E-state index contributed by atoms with van der Waals surface area (Å²) in [6.45, 7) is 0. The van der Waals surface area contributed by atoms with Gasteiger partial charge in [0.1, 0.15) is 22.3 Å². The van der Waals surface area contributed by atoms with Crippen molar-refractivity contribution in [1.29, 1.82) is 0 Å². The number of fused-ring (bicyclic) bond motifs is 10. The Morgan fingerprint density at radius 1 is 0.276 bits per heavy atom.